The van der Waals surface area contributed by atoms with Gasteiger partial charge in [-0.1, -0.05) is 52.3 Å². The van der Waals surface area contributed by atoms with Crippen LogP contribution in [0.3, 0.4) is 0 Å². The van der Waals surface area contributed by atoms with Crippen LogP contribution in [0.15, 0.2) is 58.0 Å². The molecule has 0 unspecified atom stereocenters. The fraction of sp³-hybridized carbons (Fsp3) is 0.400. The minimum atomic E-state index is -0.757. The summed E-state index contributed by atoms with van der Waals surface area (Å²) >= 11 is 3.45. The van der Waals surface area contributed by atoms with E-state index in [1.54, 1.807) is 41.5 Å². The van der Waals surface area contributed by atoms with Gasteiger partial charge in [-0.2, -0.15) is 4.99 Å². The molecule has 0 fully saturated rings. The van der Waals surface area contributed by atoms with Gasteiger partial charge in [-0.25, -0.2) is 9.59 Å². The van der Waals surface area contributed by atoms with Crippen molar-refractivity contribution < 1.29 is 19.1 Å². The molecule has 7 heteroatoms. The number of rotatable bonds is 4. The molecule has 0 saturated heterocycles. The summed E-state index contributed by atoms with van der Waals surface area (Å²) in [5, 5.41) is 2.60. The summed E-state index contributed by atoms with van der Waals surface area (Å²) in [6.45, 7) is 10.6. The van der Waals surface area contributed by atoms with E-state index in [2.05, 4.69) is 32.3 Å². The van der Waals surface area contributed by atoms with Crippen molar-refractivity contribution in [2.45, 2.75) is 65.6 Å². The molecule has 0 aliphatic carbocycles. The molecule has 0 bridgehead atoms. The molecule has 2 aromatic rings. The molecule has 6 nitrogen and oxygen atoms in total. The van der Waals surface area contributed by atoms with Crippen molar-refractivity contribution in [3.63, 3.8) is 0 Å². The number of amidine groups is 1. The van der Waals surface area contributed by atoms with E-state index in [1.165, 1.54) is 0 Å². The van der Waals surface area contributed by atoms with Crippen LogP contribution in [0.25, 0.3) is 11.1 Å². The van der Waals surface area contributed by atoms with E-state index in [4.69, 9.17) is 9.47 Å². The van der Waals surface area contributed by atoms with Crippen molar-refractivity contribution in [2.75, 3.05) is 0 Å². The molecule has 32 heavy (non-hydrogen) atoms. The van der Waals surface area contributed by atoms with Gasteiger partial charge in [0, 0.05) is 10.9 Å². The van der Waals surface area contributed by atoms with E-state index >= 15 is 0 Å². The number of hydrogen-bond acceptors (Lipinski definition) is 4. The Morgan fingerprint density at radius 1 is 0.906 bits per heavy atom. The number of amides is 2. The van der Waals surface area contributed by atoms with Gasteiger partial charge in [0.2, 0.25) is 0 Å². The maximum absolute atomic E-state index is 12.2. The highest BCUT2D eigenvalue weighted by Crippen LogP contribution is 2.23. The Morgan fingerprint density at radius 2 is 1.53 bits per heavy atom. The van der Waals surface area contributed by atoms with Crippen LogP contribution in [0.2, 0.25) is 0 Å². The summed E-state index contributed by atoms with van der Waals surface area (Å²) in [5.41, 5.74) is 1.88. The van der Waals surface area contributed by atoms with Crippen LogP contribution < -0.4 is 5.32 Å². The molecule has 0 radical (unpaired) electrons. The number of hydrogen-bond donors (Lipinski definition) is 1. The van der Waals surface area contributed by atoms with E-state index < -0.39 is 23.4 Å². The van der Waals surface area contributed by atoms with Crippen LogP contribution >= 0.6 is 15.9 Å². The Kier molecular flexibility index (Phi) is 8.61. The molecule has 0 atom stereocenters. The highest BCUT2D eigenvalue weighted by molar-refractivity contribution is 9.10. The topological polar surface area (TPSA) is 77.0 Å². The Hall–Kier alpha value is -2.67. The maximum atomic E-state index is 12.2. The van der Waals surface area contributed by atoms with Crippen LogP contribution in [0, 0.1) is 0 Å². The SMILES string of the molecule is CC(C)(C)OC(=O)N=C(CCc1cccc(-c2ccc(Br)cc2)c1)NC(=O)OC(C)(C)C. The van der Waals surface area contributed by atoms with Gasteiger partial charge in [0.15, 0.2) is 0 Å². The molecule has 0 saturated carbocycles. The number of aryl methyl sites for hydroxylation is 1. The van der Waals surface area contributed by atoms with Crippen molar-refractivity contribution >= 4 is 34.0 Å². The molecule has 2 amide bonds. The lowest BCUT2D eigenvalue weighted by Gasteiger charge is -2.21. The predicted octanol–water partition coefficient (Wildman–Crippen LogP) is 6.91. The van der Waals surface area contributed by atoms with Crippen molar-refractivity contribution in [3.05, 3.63) is 58.6 Å². The average molecular weight is 503 g/mol. The Labute approximate surface area is 198 Å². The number of carbonyl (C=O) groups excluding carboxylic acids is 2. The third-order valence-corrected chi connectivity index (χ3v) is 4.55. The lowest BCUT2D eigenvalue weighted by Crippen LogP contribution is -2.37. The lowest BCUT2D eigenvalue weighted by atomic mass is 10.0. The highest BCUT2D eigenvalue weighted by atomic mass is 79.9. The van der Waals surface area contributed by atoms with Gasteiger partial charge in [-0.05, 0) is 76.8 Å². The number of nitrogens with one attached hydrogen (secondary N) is 1. The van der Waals surface area contributed by atoms with Crippen LogP contribution in [-0.4, -0.2) is 29.2 Å². The molecular formula is C25H31BrN2O4. The lowest BCUT2D eigenvalue weighted by molar-refractivity contribution is 0.0561. The summed E-state index contributed by atoms with van der Waals surface area (Å²) in [6, 6.07) is 16.2. The molecule has 172 valence electrons. The standard InChI is InChI=1S/C25H31BrN2O4/c1-24(2,3)31-22(29)27-21(28-23(30)32-25(4,5)6)15-10-17-8-7-9-19(16-17)18-11-13-20(26)14-12-18/h7-9,11-14,16H,10,15H2,1-6H3,(H,27,28,29,30). The maximum Gasteiger partial charge on any atom is 0.435 e. The van der Waals surface area contributed by atoms with Crippen LogP contribution in [0.1, 0.15) is 53.5 Å². The molecule has 0 heterocycles. The highest BCUT2D eigenvalue weighted by Gasteiger charge is 2.20. The Bertz CT molecular complexity index is 971. The van der Waals surface area contributed by atoms with E-state index in [0.717, 1.165) is 21.2 Å². The van der Waals surface area contributed by atoms with Crippen molar-refractivity contribution in [1.82, 2.24) is 5.32 Å². The number of aliphatic imine (C=N–C) groups is 1. The summed E-state index contributed by atoms with van der Waals surface area (Å²) in [5.74, 6) is 0.197. The van der Waals surface area contributed by atoms with Crippen molar-refractivity contribution in [3.8, 4) is 11.1 Å². The molecule has 0 spiro atoms. The largest absolute Gasteiger partial charge is 0.444 e. The number of halogens is 1. The normalized spacial score (nSPS) is 12.3. The van der Waals surface area contributed by atoms with Gasteiger partial charge in [0.25, 0.3) is 0 Å². The molecule has 0 aliphatic heterocycles. The van der Waals surface area contributed by atoms with Crippen molar-refractivity contribution in [1.29, 1.82) is 0 Å². The van der Waals surface area contributed by atoms with Gasteiger partial charge in [-0.15, -0.1) is 0 Å². The molecule has 1 N–H and O–H groups in total. The molecule has 0 aromatic heterocycles. The van der Waals surface area contributed by atoms with E-state index in [1.807, 2.05) is 42.5 Å². The van der Waals surface area contributed by atoms with Gasteiger partial charge in [-0.3, -0.25) is 5.32 Å². The fourth-order valence-electron chi connectivity index (χ4n) is 2.77. The number of ether oxygens (including phenoxy) is 2. The van der Waals surface area contributed by atoms with Gasteiger partial charge < -0.3 is 9.47 Å². The second-order valence-electron chi connectivity index (χ2n) is 9.37. The first kappa shape index (κ1) is 25.6. The molecule has 2 rings (SSSR count). The van der Waals surface area contributed by atoms with E-state index in [9.17, 15) is 9.59 Å². The quantitative estimate of drug-likeness (QED) is 0.364. The van der Waals surface area contributed by atoms with Crippen LogP contribution in [0.5, 0.6) is 0 Å². The van der Waals surface area contributed by atoms with Crippen LogP contribution in [0.4, 0.5) is 9.59 Å². The minimum Gasteiger partial charge on any atom is -0.444 e. The smallest absolute Gasteiger partial charge is 0.435 e. The summed E-state index contributed by atoms with van der Waals surface area (Å²) in [7, 11) is 0. The third kappa shape index (κ3) is 9.64. The molecular weight excluding hydrogens is 472 g/mol. The first-order valence-corrected chi connectivity index (χ1v) is 11.3. The zero-order valence-corrected chi connectivity index (χ0v) is 21.1. The monoisotopic (exact) mass is 502 g/mol. The fourth-order valence-corrected chi connectivity index (χ4v) is 3.04. The number of alkyl carbamates (subject to hydrolysis) is 1. The van der Waals surface area contributed by atoms with E-state index in [-0.39, 0.29) is 5.84 Å². The minimum absolute atomic E-state index is 0.197. The zero-order chi connectivity index (χ0) is 23.9. The second kappa shape index (κ2) is 10.8. The molecule has 0 aliphatic rings. The zero-order valence-electron chi connectivity index (χ0n) is 19.5. The summed E-state index contributed by atoms with van der Waals surface area (Å²) in [4.78, 5) is 28.4. The first-order valence-electron chi connectivity index (χ1n) is 10.5. The van der Waals surface area contributed by atoms with Gasteiger partial charge >= 0.3 is 12.2 Å². The number of benzene rings is 2. The Balaban J connectivity index is 2.16. The second-order valence-corrected chi connectivity index (χ2v) is 10.3. The Morgan fingerprint density at radius 3 is 2.12 bits per heavy atom. The first-order chi connectivity index (χ1) is 14.8. The average Bonchev–Trinajstić information content (AvgIpc) is 2.64. The van der Waals surface area contributed by atoms with Crippen LogP contribution in [-0.2, 0) is 15.9 Å². The summed E-state index contributed by atoms with van der Waals surface area (Å²) in [6.07, 6.45) is -0.514. The van der Waals surface area contributed by atoms with Crippen molar-refractivity contribution in [2.24, 2.45) is 4.99 Å². The van der Waals surface area contributed by atoms with Gasteiger partial charge in [0.1, 0.15) is 17.0 Å². The molecule has 2 aromatic carbocycles. The number of nitrogens with zero attached hydrogens (tertiary/aromatic N) is 1. The number of carbonyl (C=O) groups is 2. The van der Waals surface area contributed by atoms with Gasteiger partial charge in [0.05, 0.1) is 0 Å². The predicted molar refractivity (Wildman–Crippen MR) is 131 cm³/mol. The van der Waals surface area contributed by atoms with E-state index in [0.29, 0.717) is 12.8 Å². The summed E-state index contributed by atoms with van der Waals surface area (Å²) < 4.78 is 11.6. The third-order valence-electron chi connectivity index (χ3n) is 4.02.